The topological polar surface area (TPSA) is 67.8 Å². The third-order valence-corrected chi connectivity index (χ3v) is 3.24. The van der Waals surface area contributed by atoms with Crippen molar-refractivity contribution >= 4 is 11.7 Å². The van der Waals surface area contributed by atoms with E-state index in [0.29, 0.717) is 13.0 Å². The van der Waals surface area contributed by atoms with Crippen molar-refractivity contribution in [1.82, 2.24) is 0 Å². The fourth-order valence-corrected chi connectivity index (χ4v) is 2.16. The molecule has 1 saturated heterocycles. The summed E-state index contributed by atoms with van der Waals surface area (Å²) in [6, 6.07) is 7.75. The van der Waals surface area contributed by atoms with E-state index in [1.54, 1.807) is 0 Å². The Morgan fingerprint density at radius 1 is 1.40 bits per heavy atom. The summed E-state index contributed by atoms with van der Waals surface area (Å²) < 4.78 is 10.9. The number of aliphatic carboxylic acids is 1. The molecule has 0 amide bonds. The van der Waals surface area contributed by atoms with E-state index in [1.165, 1.54) is 0 Å². The van der Waals surface area contributed by atoms with Gasteiger partial charge in [-0.05, 0) is 43.5 Å². The number of hydrogen-bond acceptors (Lipinski definition) is 4. The predicted octanol–water partition coefficient (Wildman–Crippen LogP) is 2.52. The molecule has 0 aliphatic carbocycles. The molecule has 1 aromatic carbocycles. The molecule has 1 heterocycles. The van der Waals surface area contributed by atoms with Crippen LogP contribution in [-0.4, -0.2) is 36.4 Å². The fraction of sp³-hybridized carbons (Fsp3) is 0.533. The largest absolute Gasteiger partial charge is 0.494 e. The summed E-state index contributed by atoms with van der Waals surface area (Å²) >= 11 is 0. The molecule has 2 atom stereocenters. The zero-order valence-electron chi connectivity index (χ0n) is 11.7. The first-order valence-electron chi connectivity index (χ1n) is 7.04. The van der Waals surface area contributed by atoms with Crippen LogP contribution in [0.5, 0.6) is 5.75 Å². The van der Waals surface area contributed by atoms with Crippen LogP contribution < -0.4 is 10.1 Å². The molecular formula is C15H21NO4. The Labute approximate surface area is 118 Å². The highest BCUT2D eigenvalue weighted by Crippen LogP contribution is 2.21. The summed E-state index contributed by atoms with van der Waals surface area (Å²) in [5, 5.41) is 12.1. The highest BCUT2D eigenvalue weighted by atomic mass is 16.5. The molecule has 5 nitrogen and oxygen atoms in total. The molecule has 110 valence electrons. The minimum absolute atomic E-state index is 0.0351. The van der Waals surface area contributed by atoms with E-state index in [4.69, 9.17) is 14.6 Å². The van der Waals surface area contributed by atoms with Crippen molar-refractivity contribution in [2.45, 2.75) is 38.4 Å². The molecule has 1 aliphatic rings. The van der Waals surface area contributed by atoms with Gasteiger partial charge >= 0.3 is 5.97 Å². The van der Waals surface area contributed by atoms with Crippen LogP contribution in [0.15, 0.2) is 24.3 Å². The van der Waals surface area contributed by atoms with Gasteiger partial charge in [-0.1, -0.05) is 6.92 Å². The van der Waals surface area contributed by atoms with Gasteiger partial charge < -0.3 is 19.9 Å². The van der Waals surface area contributed by atoms with E-state index in [-0.39, 0.29) is 6.10 Å². The number of carboxylic acid groups (broad SMARTS) is 1. The van der Waals surface area contributed by atoms with Crippen LogP contribution in [0.4, 0.5) is 5.69 Å². The van der Waals surface area contributed by atoms with Crippen molar-refractivity contribution in [2.75, 3.05) is 18.5 Å². The van der Waals surface area contributed by atoms with Crippen molar-refractivity contribution in [3.63, 3.8) is 0 Å². The van der Waals surface area contributed by atoms with Crippen molar-refractivity contribution in [2.24, 2.45) is 0 Å². The Morgan fingerprint density at radius 3 is 2.75 bits per heavy atom. The van der Waals surface area contributed by atoms with E-state index >= 15 is 0 Å². The van der Waals surface area contributed by atoms with Gasteiger partial charge in [0.2, 0.25) is 0 Å². The Bertz CT molecular complexity index is 432. The van der Waals surface area contributed by atoms with E-state index in [2.05, 4.69) is 12.2 Å². The van der Waals surface area contributed by atoms with Gasteiger partial charge in [0.05, 0.1) is 12.7 Å². The molecule has 2 rings (SSSR count). The molecule has 20 heavy (non-hydrogen) atoms. The number of carboxylic acids is 1. The zero-order valence-corrected chi connectivity index (χ0v) is 11.7. The monoisotopic (exact) mass is 279 g/mol. The maximum Gasteiger partial charge on any atom is 0.332 e. The maximum absolute atomic E-state index is 10.8. The van der Waals surface area contributed by atoms with Crippen molar-refractivity contribution in [3.05, 3.63) is 24.3 Å². The second kappa shape index (κ2) is 7.14. The summed E-state index contributed by atoms with van der Waals surface area (Å²) in [4.78, 5) is 10.8. The predicted molar refractivity (Wildman–Crippen MR) is 76.2 cm³/mol. The van der Waals surface area contributed by atoms with Crippen LogP contribution in [0, 0.1) is 0 Å². The van der Waals surface area contributed by atoms with E-state index in [0.717, 1.165) is 30.9 Å². The van der Waals surface area contributed by atoms with Crippen LogP contribution in [-0.2, 0) is 9.53 Å². The molecule has 0 saturated carbocycles. The Kier molecular flexibility index (Phi) is 5.24. The standard InChI is InChI=1S/C15H21NO4/c1-2-9-19-12-5-3-11(4-6-12)16-10-13-7-8-14(20-13)15(17)18/h3-6,13-14,16H,2,7-10H2,1H3,(H,17,18). The smallest absolute Gasteiger partial charge is 0.332 e. The lowest BCUT2D eigenvalue weighted by Gasteiger charge is -2.13. The lowest BCUT2D eigenvalue weighted by Crippen LogP contribution is -2.24. The van der Waals surface area contributed by atoms with Gasteiger partial charge in [-0.15, -0.1) is 0 Å². The molecule has 0 aromatic heterocycles. The SMILES string of the molecule is CCCOc1ccc(NCC2CCC(C(=O)O)O2)cc1. The average molecular weight is 279 g/mol. The normalized spacial score (nSPS) is 21.6. The van der Waals surface area contributed by atoms with Crippen LogP contribution in [0.3, 0.4) is 0 Å². The lowest BCUT2D eigenvalue weighted by atomic mass is 10.2. The van der Waals surface area contributed by atoms with E-state index in [9.17, 15) is 4.79 Å². The number of ether oxygens (including phenoxy) is 2. The third-order valence-electron chi connectivity index (χ3n) is 3.24. The number of nitrogens with one attached hydrogen (secondary N) is 1. The summed E-state index contributed by atoms with van der Waals surface area (Å²) in [5.41, 5.74) is 0.983. The minimum Gasteiger partial charge on any atom is -0.494 e. The molecule has 0 bridgehead atoms. The van der Waals surface area contributed by atoms with Crippen LogP contribution in [0.1, 0.15) is 26.2 Å². The van der Waals surface area contributed by atoms with Gasteiger partial charge in [0.25, 0.3) is 0 Å². The number of benzene rings is 1. The molecule has 5 heteroatoms. The summed E-state index contributed by atoms with van der Waals surface area (Å²) in [6.07, 6.45) is 1.68. The Balaban J connectivity index is 1.75. The highest BCUT2D eigenvalue weighted by Gasteiger charge is 2.30. The van der Waals surface area contributed by atoms with Gasteiger partial charge in [-0.3, -0.25) is 0 Å². The van der Waals surface area contributed by atoms with Crippen molar-refractivity contribution in [1.29, 1.82) is 0 Å². The first kappa shape index (κ1) is 14.7. The first-order valence-corrected chi connectivity index (χ1v) is 7.04. The number of rotatable bonds is 7. The van der Waals surface area contributed by atoms with Crippen LogP contribution in [0.25, 0.3) is 0 Å². The second-order valence-electron chi connectivity index (χ2n) is 4.92. The summed E-state index contributed by atoms with van der Waals surface area (Å²) in [7, 11) is 0. The zero-order chi connectivity index (χ0) is 14.4. The van der Waals surface area contributed by atoms with Crippen LogP contribution >= 0.6 is 0 Å². The minimum atomic E-state index is -0.870. The van der Waals surface area contributed by atoms with Gasteiger partial charge in [-0.2, -0.15) is 0 Å². The van der Waals surface area contributed by atoms with Gasteiger partial charge in [0, 0.05) is 12.2 Å². The average Bonchev–Trinajstić information content (AvgIpc) is 2.93. The third kappa shape index (κ3) is 4.13. The first-order chi connectivity index (χ1) is 9.69. The molecule has 2 N–H and O–H groups in total. The van der Waals surface area contributed by atoms with Crippen molar-refractivity contribution in [3.8, 4) is 5.75 Å². The Hall–Kier alpha value is -1.75. The molecule has 1 aromatic rings. The molecule has 1 fully saturated rings. The summed E-state index contributed by atoms with van der Waals surface area (Å²) in [6.45, 7) is 3.42. The second-order valence-corrected chi connectivity index (χ2v) is 4.92. The quantitative estimate of drug-likeness (QED) is 0.802. The van der Waals surface area contributed by atoms with E-state index in [1.807, 2.05) is 24.3 Å². The highest BCUT2D eigenvalue weighted by molar-refractivity contribution is 5.72. The summed E-state index contributed by atoms with van der Waals surface area (Å²) in [5.74, 6) is -0.00890. The number of hydrogen-bond donors (Lipinski definition) is 2. The van der Waals surface area contributed by atoms with Crippen molar-refractivity contribution < 1.29 is 19.4 Å². The lowest BCUT2D eigenvalue weighted by molar-refractivity contribution is -0.149. The molecule has 0 radical (unpaired) electrons. The molecule has 2 unspecified atom stereocenters. The maximum atomic E-state index is 10.8. The van der Waals surface area contributed by atoms with Gasteiger partial charge in [0.1, 0.15) is 5.75 Å². The van der Waals surface area contributed by atoms with E-state index < -0.39 is 12.1 Å². The van der Waals surface area contributed by atoms with Gasteiger partial charge in [-0.25, -0.2) is 4.79 Å². The number of carbonyl (C=O) groups is 1. The molecule has 0 spiro atoms. The van der Waals surface area contributed by atoms with Crippen LogP contribution in [0.2, 0.25) is 0 Å². The number of anilines is 1. The van der Waals surface area contributed by atoms with Gasteiger partial charge in [0.15, 0.2) is 6.10 Å². The fourth-order valence-electron chi connectivity index (χ4n) is 2.16. The molecular weight excluding hydrogens is 258 g/mol. The molecule has 1 aliphatic heterocycles. The Morgan fingerprint density at radius 2 is 2.15 bits per heavy atom.